The summed E-state index contributed by atoms with van der Waals surface area (Å²) in [5, 5.41) is 10.9. The molecule has 1 aromatic heterocycles. The van der Waals surface area contributed by atoms with Crippen LogP contribution < -0.4 is 5.32 Å². The van der Waals surface area contributed by atoms with Gasteiger partial charge in [0.25, 0.3) is 0 Å². The second-order valence-corrected chi connectivity index (χ2v) is 7.65. The minimum absolute atomic E-state index is 0.00708. The molecular weight excluding hydrogens is 438 g/mol. The standard InChI is InChI=1S/C18H15BrF2N4OS/c1-10-3-4-15(11(2)5-10)25-9-22-24-18(25)27-8-16(26)23-17-13(19)6-12(20)7-14(17)21/h3-7,9H,8H2,1-2H3,(H,23,26). The maximum Gasteiger partial charge on any atom is 0.234 e. The zero-order valence-corrected chi connectivity index (χ0v) is 16.9. The lowest BCUT2D eigenvalue weighted by atomic mass is 10.1. The fourth-order valence-electron chi connectivity index (χ4n) is 2.53. The Bertz CT molecular complexity index is 986. The molecule has 0 aliphatic rings. The molecule has 0 saturated heterocycles. The van der Waals surface area contributed by atoms with Crippen LogP contribution in [0.4, 0.5) is 14.5 Å². The van der Waals surface area contributed by atoms with E-state index in [0.29, 0.717) is 11.2 Å². The van der Waals surface area contributed by atoms with E-state index in [-0.39, 0.29) is 15.9 Å². The fraction of sp³-hybridized carbons (Fsp3) is 0.167. The molecule has 0 aliphatic carbocycles. The first-order chi connectivity index (χ1) is 12.8. The van der Waals surface area contributed by atoms with Crippen LogP contribution in [0, 0.1) is 25.5 Å². The lowest BCUT2D eigenvalue weighted by Crippen LogP contribution is -2.16. The largest absolute Gasteiger partial charge is 0.322 e. The third kappa shape index (κ3) is 4.54. The number of amides is 1. The van der Waals surface area contributed by atoms with E-state index in [4.69, 9.17) is 0 Å². The molecule has 0 atom stereocenters. The van der Waals surface area contributed by atoms with E-state index in [0.717, 1.165) is 22.9 Å². The summed E-state index contributed by atoms with van der Waals surface area (Å²) >= 11 is 4.21. The molecule has 1 amide bonds. The fourth-order valence-corrected chi connectivity index (χ4v) is 3.76. The van der Waals surface area contributed by atoms with Crippen LogP contribution in [0.25, 0.3) is 5.69 Å². The van der Waals surface area contributed by atoms with Crippen molar-refractivity contribution in [3.63, 3.8) is 0 Å². The molecule has 3 rings (SSSR count). The van der Waals surface area contributed by atoms with Gasteiger partial charge >= 0.3 is 0 Å². The summed E-state index contributed by atoms with van der Waals surface area (Å²) in [6.45, 7) is 3.99. The summed E-state index contributed by atoms with van der Waals surface area (Å²) in [6, 6.07) is 7.79. The van der Waals surface area contributed by atoms with Crippen LogP contribution in [0.2, 0.25) is 0 Å². The molecule has 0 radical (unpaired) electrons. The van der Waals surface area contributed by atoms with Gasteiger partial charge in [-0.05, 0) is 47.5 Å². The summed E-state index contributed by atoms with van der Waals surface area (Å²) in [4.78, 5) is 12.2. The predicted molar refractivity (Wildman–Crippen MR) is 104 cm³/mol. The van der Waals surface area contributed by atoms with Crippen molar-refractivity contribution in [2.45, 2.75) is 19.0 Å². The molecule has 140 valence electrons. The van der Waals surface area contributed by atoms with E-state index in [1.54, 1.807) is 10.9 Å². The highest BCUT2D eigenvalue weighted by Gasteiger charge is 2.15. The number of thioether (sulfide) groups is 1. The molecule has 27 heavy (non-hydrogen) atoms. The second kappa shape index (κ2) is 8.18. The van der Waals surface area contributed by atoms with Crippen molar-refractivity contribution in [1.29, 1.82) is 0 Å². The van der Waals surface area contributed by atoms with Crippen molar-refractivity contribution in [2.75, 3.05) is 11.1 Å². The molecule has 5 nitrogen and oxygen atoms in total. The van der Waals surface area contributed by atoms with Gasteiger partial charge in [0, 0.05) is 10.5 Å². The van der Waals surface area contributed by atoms with E-state index in [2.05, 4.69) is 31.4 Å². The SMILES string of the molecule is Cc1ccc(-n2cnnc2SCC(=O)Nc2c(F)cc(F)cc2Br)c(C)c1. The Balaban J connectivity index is 1.71. The molecule has 2 aromatic carbocycles. The number of nitrogens with one attached hydrogen (secondary N) is 1. The molecule has 0 saturated carbocycles. The minimum Gasteiger partial charge on any atom is -0.322 e. The Kier molecular flexibility index (Phi) is 5.91. The number of nitrogens with zero attached hydrogens (tertiary/aromatic N) is 3. The Morgan fingerprint density at radius 3 is 2.74 bits per heavy atom. The van der Waals surface area contributed by atoms with Crippen LogP contribution in [0.5, 0.6) is 0 Å². The van der Waals surface area contributed by atoms with Crippen molar-refractivity contribution < 1.29 is 13.6 Å². The van der Waals surface area contributed by atoms with Crippen LogP contribution in [0.1, 0.15) is 11.1 Å². The maximum absolute atomic E-state index is 13.8. The van der Waals surface area contributed by atoms with Gasteiger partial charge in [0.15, 0.2) is 11.0 Å². The minimum atomic E-state index is -0.848. The summed E-state index contributed by atoms with van der Waals surface area (Å²) < 4.78 is 28.9. The molecule has 0 fully saturated rings. The molecule has 0 spiro atoms. The van der Waals surface area contributed by atoms with Gasteiger partial charge in [-0.25, -0.2) is 8.78 Å². The average molecular weight is 453 g/mol. The number of aromatic nitrogens is 3. The third-order valence-corrected chi connectivity index (χ3v) is 5.30. The van der Waals surface area contributed by atoms with Gasteiger partial charge in [-0.3, -0.25) is 9.36 Å². The number of rotatable bonds is 5. The molecule has 1 heterocycles. The monoisotopic (exact) mass is 452 g/mol. The molecule has 9 heteroatoms. The number of carbonyl (C=O) groups is 1. The highest BCUT2D eigenvalue weighted by atomic mass is 79.9. The van der Waals surface area contributed by atoms with Gasteiger partial charge in [-0.1, -0.05) is 29.5 Å². The van der Waals surface area contributed by atoms with E-state index in [9.17, 15) is 13.6 Å². The smallest absolute Gasteiger partial charge is 0.234 e. The molecule has 0 aliphatic heterocycles. The molecule has 0 unspecified atom stereocenters. The average Bonchev–Trinajstić information content (AvgIpc) is 3.04. The van der Waals surface area contributed by atoms with Crippen LogP contribution >= 0.6 is 27.7 Å². The Morgan fingerprint density at radius 1 is 1.26 bits per heavy atom. The summed E-state index contributed by atoms with van der Waals surface area (Å²) in [5.41, 5.74) is 3.02. The van der Waals surface area contributed by atoms with Crippen molar-refractivity contribution in [3.8, 4) is 5.69 Å². The van der Waals surface area contributed by atoms with E-state index in [1.165, 1.54) is 11.8 Å². The van der Waals surface area contributed by atoms with E-state index >= 15 is 0 Å². The molecular formula is C18H15BrF2N4OS. The summed E-state index contributed by atoms with van der Waals surface area (Å²) in [5.74, 6) is -2.03. The first kappa shape index (κ1) is 19.5. The van der Waals surface area contributed by atoms with Crippen molar-refractivity contribution in [3.05, 3.63) is 63.9 Å². The van der Waals surface area contributed by atoms with E-state index < -0.39 is 17.5 Å². The number of carbonyl (C=O) groups excluding carboxylic acids is 1. The van der Waals surface area contributed by atoms with Crippen molar-refractivity contribution >= 4 is 39.3 Å². The highest BCUT2D eigenvalue weighted by molar-refractivity contribution is 9.10. The van der Waals surface area contributed by atoms with Gasteiger partial charge < -0.3 is 5.32 Å². The van der Waals surface area contributed by atoms with E-state index in [1.807, 2.05) is 32.0 Å². The highest BCUT2D eigenvalue weighted by Crippen LogP contribution is 2.28. The topological polar surface area (TPSA) is 59.8 Å². The van der Waals surface area contributed by atoms with Gasteiger partial charge in [-0.15, -0.1) is 10.2 Å². The first-order valence-corrected chi connectivity index (χ1v) is 9.68. The predicted octanol–water partition coefficient (Wildman–Crippen LogP) is 4.66. The Labute approximate surface area is 167 Å². The lowest BCUT2D eigenvalue weighted by Gasteiger charge is -2.11. The van der Waals surface area contributed by atoms with Crippen molar-refractivity contribution in [1.82, 2.24) is 14.8 Å². The Hall–Kier alpha value is -2.26. The number of benzene rings is 2. The lowest BCUT2D eigenvalue weighted by molar-refractivity contribution is -0.113. The number of hydrogen-bond acceptors (Lipinski definition) is 4. The number of hydrogen-bond donors (Lipinski definition) is 1. The molecule has 3 aromatic rings. The second-order valence-electron chi connectivity index (χ2n) is 5.85. The van der Waals surface area contributed by atoms with Crippen LogP contribution in [-0.4, -0.2) is 26.4 Å². The van der Waals surface area contributed by atoms with Gasteiger partial charge in [0.1, 0.15) is 12.1 Å². The summed E-state index contributed by atoms with van der Waals surface area (Å²) in [7, 11) is 0. The van der Waals surface area contributed by atoms with Crippen molar-refractivity contribution in [2.24, 2.45) is 0 Å². The molecule has 1 N–H and O–H groups in total. The third-order valence-electron chi connectivity index (χ3n) is 3.73. The van der Waals surface area contributed by atoms with Gasteiger partial charge in [0.05, 0.1) is 17.1 Å². The van der Waals surface area contributed by atoms with Crippen LogP contribution in [0.3, 0.4) is 0 Å². The van der Waals surface area contributed by atoms with Gasteiger partial charge in [0.2, 0.25) is 5.91 Å². The summed E-state index contributed by atoms with van der Waals surface area (Å²) in [6.07, 6.45) is 1.58. The Morgan fingerprint density at radius 2 is 2.04 bits per heavy atom. The van der Waals surface area contributed by atoms with Crippen LogP contribution in [-0.2, 0) is 4.79 Å². The zero-order chi connectivity index (χ0) is 19.6. The maximum atomic E-state index is 13.8. The van der Waals surface area contributed by atoms with Gasteiger partial charge in [-0.2, -0.15) is 0 Å². The molecule has 0 bridgehead atoms. The quantitative estimate of drug-likeness (QED) is 0.572. The zero-order valence-electron chi connectivity index (χ0n) is 14.5. The normalized spacial score (nSPS) is 10.9. The number of halogens is 3. The number of anilines is 1. The van der Waals surface area contributed by atoms with Crippen LogP contribution in [0.15, 0.2) is 46.3 Å². The first-order valence-electron chi connectivity index (χ1n) is 7.90. The number of aryl methyl sites for hydroxylation is 2.